The fourth-order valence-electron chi connectivity index (χ4n) is 2.87. The number of anilines is 2. The number of rotatable bonds is 9. The van der Waals surface area contributed by atoms with E-state index in [0.29, 0.717) is 6.42 Å². The van der Waals surface area contributed by atoms with Crippen LogP contribution in [-0.2, 0) is 4.79 Å². The molecule has 3 N–H and O–H groups in total. The van der Waals surface area contributed by atoms with Crippen LogP contribution in [0.2, 0.25) is 0 Å². The lowest BCUT2D eigenvalue weighted by Gasteiger charge is -2.20. The van der Waals surface area contributed by atoms with E-state index >= 15 is 0 Å². The topological polar surface area (TPSA) is 94.1 Å². The molecular weight excluding hydrogens is 330 g/mol. The Hall–Kier alpha value is -2.93. The fourth-order valence-corrected chi connectivity index (χ4v) is 2.87. The van der Waals surface area contributed by atoms with Gasteiger partial charge in [-0.1, -0.05) is 31.0 Å². The number of carbonyl (C=O) groups is 1. The summed E-state index contributed by atoms with van der Waals surface area (Å²) in [6.45, 7) is 0.781. The summed E-state index contributed by atoms with van der Waals surface area (Å²) in [5, 5.41) is 8.50. The number of unbranched alkanes of at least 4 members (excludes halogenated alkanes) is 3. The quantitative estimate of drug-likeness (QED) is 0.311. The summed E-state index contributed by atoms with van der Waals surface area (Å²) in [6.07, 6.45) is 5.77. The number of H-pyrrole nitrogens is 1. The summed E-state index contributed by atoms with van der Waals surface area (Å²) >= 11 is 0. The van der Waals surface area contributed by atoms with Crippen molar-refractivity contribution in [1.29, 1.82) is 0 Å². The van der Waals surface area contributed by atoms with Crippen LogP contribution in [0, 0.1) is 0 Å². The van der Waals surface area contributed by atoms with Gasteiger partial charge in [-0.2, -0.15) is 0 Å². The Morgan fingerprint density at radius 3 is 2.65 bits per heavy atom. The predicted molar refractivity (Wildman–Crippen MR) is 100 cm³/mol. The van der Waals surface area contributed by atoms with Crippen molar-refractivity contribution in [2.45, 2.75) is 32.1 Å². The highest BCUT2D eigenvalue weighted by atomic mass is 16.5. The second-order valence-corrected chi connectivity index (χ2v) is 6.12. The summed E-state index contributed by atoms with van der Waals surface area (Å²) in [7, 11) is 0. The lowest BCUT2D eigenvalue weighted by atomic mass is 10.1. The van der Waals surface area contributed by atoms with Gasteiger partial charge in [0.2, 0.25) is 11.9 Å². The number of aromatic nitrogens is 3. The molecule has 7 heteroatoms. The molecule has 0 saturated heterocycles. The molecular formula is C19H23N5O2. The third kappa shape index (κ3) is 4.58. The lowest BCUT2D eigenvalue weighted by molar-refractivity contribution is -0.129. The maximum Gasteiger partial charge on any atom is 0.243 e. The van der Waals surface area contributed by atoms with Gasteiger partial charge in [-0.25, -0.2) is 15.4 Å². The Balaban J connectivity index is 1.64. The lowest BCUT2D eigenvalue weighted by Crippen LogP contribution is -2.21. The number of pyridine rings is 1. The van der Waals surface area contributed by atoms with E-state index in [4.69, 9.17) is 5.21 Å². The fraction of sp³-hybridized carbons (Fsp3) is 0.316. The van der Waals surface area contributed by atoms with Crippen molar-refractivity contribution in [1.82, 2.24) is 20.4 Å². The second-order valence-electron chi connectivity index (χ2n) is 6.12. The molecule has 3 rings (SSSR count). The van der Waals surface area contributed by atoms with E-state index in [0.717, 1.165) is 55.0 Å². The second kappa shape index (κ2) is 8.96. The van der Waals surface area contributed by atoms with Gasteiger partial charge < -0.3 is 4.98 Å². The molecule has 0 aliphatic carbocycles. The Kier molecular flexibility index (Phi) is 6.16. The molecule has 1 aromatic carbocycles. The molecule has 136 valence electrons. The van der Waals surface area contributed by atoms with E-state index < -0.39 is 0 Å². The molecule has 0 aliphatic heterocycles. The molecule has 2 heterocycles. The number of aromatic amines is 1. The highest BCUT2D eigenvalue weighted by molar-refractivity contribution is 5.78. The number of hydrogen-bond donors (Lipinski definition) is 3. The first-order valence-electron chi connectivity index (χ1n) is 8.84. The van der Waals surface area contributed by atoms with Crippen molar-refractivity contribution in [3.05, 3.63) is 48.7 Å². The van der Waals surface area contributed by atoms with Gasteiger partial charge in [0.1, 0.15) is 5.82 Å². The van der Waals surface area contributed by atoms with Crippen LogP contribution in [-0.4, -0.2) is 32.6 Å². The number of carbonyl (C=O) groups excluding carboxylic acids is 1. The largest absolute Gasteiger partial charge is 0.324 e. The van der Waals surface area contributed by atoms with Crippen LogP contribution in [0.3, 0.4) is 0 Å². The highest BCUT2D eigenvalue weighted by Gasteiger charge is 2.14. The number of hydrogen-bond acceptors (Lipinski definition) is 5. The zero-order valence-electron chi connectivity index (χ0n) is 14.6. The number of benzene rings is 1. The number of nitrogens with one attached hydrogen (secondary N) is 2. The Labute approximate surface area is 152 Å². The Morgan fingerprint density at radius 1 is 1.08 bits per heavy atom. The predicted octanol–water partition coefficient (Wildman–Crippen LogP) is 3.55. The van der Waals surface area contributed by atoms with E-state index in [1.165, 1.54) is 0 Å². The molecule has 0 bridgehead atoms. The molecule has 2 aromatic heterocycles. The Bertz CT molecular complexity index is 801. The van der Waals surface area contributed by atoms with Crippen LogP contribution in [0.4, 0.5) is 11.8 Å². The Morgan fingerprint density at radius 2 is 1.88 bits per heavy atom. The standard InChI is InChI=1S/C19H23N5O2/c25-18(23-26)12-3-1-2-8-14-24(17-11-6-7-13-20-17)19-21-15-9-4-5-10-16(15)22-19/h4-7,9-11,13,26H,1-3,8,12,14H2,(H,21,22)(H,23,25). The van der Waals surface area contributed by atoms with Crippen molar-refractivity contribution in [2.75, 3.05) is 11.4 Å². The van der Waals surface area contributed by atoms with Crippen molar-refractivity contribution in [3.63, 3.8) is 0 Å². The molecule has 0 atom stereocenters. The molecule has 0 aliphatic rings. The number of hydroxylamine groups is 1. The molecule has 0 fully saturated rings. The molecule has 0 saturated carbocycles. The monoisotopic (exact) mass is 353 g/mol. The molecule has 3 aromatic rings. The van der Waals surface area contributed by atoms with Gasteiger partial charge in [0.05, 0.1) is 11.0 Å². The zero-order valence-corrected chi connectivity index (χ0v) is 14.6. The number of imidazole rings is 1. The SMILES string of the molecule is O=C(CCCCCCN(c1ccccn1)c1nc2ccccc2[nH]1)NO. The minimum Gasteiger partial charge on any atom is -0.324 e. The first-order valence-corrected chi connectivity index (χ1v) is 8.84. The normalized spacial score (nSPS) is 10.8. The first-order chi connectivity index (χ1) is 12.8. The van der Waals surface area contributed by atoms with Crippen molar-refractivity contribution < 1.29 is 10.0 Å². The maximum absolute atomic E-state index is 11.0. The number of nitrogens with zero attached hydrogens (tertiary/aromatic N) is 3. The summed E-state index contributed by atoms with van der Waals surface area (Å²) in [4.78, 5) is 25.6. The third-order valence-corrected chi connectivity index (χ3v) is 4.22. The van der Waals surface area contributed by atoms with Gasteiger partial charge in [-0.3, -0.25) is 14.9 Å². The molecule has 7 nitrogen and oxygen atoms in total. The first kappa shape index (κ1) is 17.9. The summed E-state index contributed by atoms with van der Waals surface area (Å²) < 4.78 is 0. The molecule has 0 unspecified atom stereocenters. The van der Waals surface area contributed by atoms with Crippen LogP contribution in [0.5, 0.6) is 0 Å². The van der Waals surface area contributed by atoms with Crippen LogP contribution in [0.15, 0.2) is 48.7 Å². The number of amides is 1. The van der Waals surface area contributed by atoms with Gasteiger partial charge >= 0.3 is 0 Å². The van der Waals surface area contributed by atoms with Gasteiger partial charge in [-0.15, -0.1) is 0 Å². The summed E-state index contributed by atoms with van der Waals surface area (Å²) in [6, 6.07) is 13.8. The van der Waals surface area contributed by atoms with E-state index in [2.05, 4.69) is 19.9 Å². The minimum atomic E-state index is -0.331. The summed E-state index contributed by atoms with van der Waals surface area (Å²) in [5.74, 6) is 1.30. The van der Waals surface area contributed by atoms with Crippen LogP contribution < -0.4 is 10.4 Å². The van der Waals surface area contributed by atoms with Crippen LogP contribution in [0.1, 0.15) is 32.1 Å². The average molecular weight is 353 g/mol. The van der Waals surface area contributed by atoms with E-state index in [9.17, 15) is 4.79 Å². The number of para-hydroxylation sites is 2. The zero-order chi connectivity index (χ0) is 18.2. The molecule has 0 spiro atoms. The van der Waals surface area contributed by atoms with Crippen LogP contribution in [0.25, 0.3) is 11.0 Å². The van der Waals surface area contributed by atoms with Crippen molar-refractivity contribution in [2.24, 2.45) is 0 Å². The smallest absolute Gasteiger partial charge is 0.243 e. The average Bonchev–Trinajstić information content (AvgIpc) is 3.11. The molecule has 1 amide bonds. The number of fused-ring (bicyclic) bond motifs is 1. The minimum absolute atomic E-state index is 0.331. The van der Waals surface area contributed by atoms with Crippen molar-refractivity contribution >= 4 is 28.7 Å². The molecule has 0 radical (unpaired) electrons. The van der Waals surface area contributed by atoms with Gasteiger partial charge in [0, 0.05) is 19.2 Å². The van der Waals surface area contributed by atoms with E-state index in [-0.39, 0.29) is 5.91 Å². The van der Waals surface area contributed by atoms with E-state index in [1.54, 1.807) is 11.7 Å². The van der Waals surface area contributed by atoms with Crippen molar-refractivity contribution in [3.8, 4) is 0 Å². The van der Waals surface area contributed by atoms with Gasteiger partial charge in [-0.05, 0) is 37.1 Å². The summed E-state index contributed by atoms with van der Waals surface area (Å²) in [5.41, 5.74) is 3.59. The highest BCUT2D eigenvalue weighted by Crippen LogP contribution is 2.24. The van der Waals surface area contributed by atoms with Gasteiger partial charge in [0.25, 0.3) is 0 Å². The maximum atomic E-state index is 11.0. The molecule has 26 heavy (non-hydrogen) atoms. The third-order valence-electron chi connectivity index (χ3n) is 4.22. The van der Waals surface area contributed by atoms with Gasteiger partial charge in [0.15, 0.2) is 0 Å². The van der Waals surface area contributed by atoms with Crippen LogP contribution >= 0.6 is 0 Å². The van der Waals surface area contributed by atoms with E-state index in [1.807, 2.05) is 42.5 Å².